The van der Waals surface area contributed by atoms with E-state index in [0.717, 1.165) is 50.7 Å². The highest BCUT2D eigenvalue weighted by Crippen LogP contribution is 2.28. The molecule has 0 spiro atoms. The van der Waals surface area contributed by atoms with E-state index in [1.807, 2.05) is 0 Å². The average Bonchev–Trinajstić information content (AvgIpc) is 3.02. The van der Waals surface area contributed by atoms with Crippen molar-refractivity contribution in [2.75, 3.05) is 6.54 Å². The largest absolute Gasteiger partial charge is 0.419 e. The lowest BCUT2D eigenvalue weighted by Crippen LogP contribution is -2.17. The van der Waals surface area contributed by atoms with Crippen LogP contribution in [-0.2, 0) is 12.7 Å². The average molecular weight is 275 g/mol. The molecule has 1 N–H and O–H groups in total. The van der Waals surface area contributed by atoms with Gasteiger partial charge in [0.05, 0.1) is 11.8 Å². The molecule has 3 nitrogen and oxygen atoms in total. The van der Waals surface area contributed by atoms with Crippen molar-refractivity contribution in [3.63, 3.8) is 0 Å². The van der Waals surface area contributed by atoms with Crippen molar-refractivity contribution in [3.8, 4) is 0 Å². The second kappa shape index (κ2) is 6.41. The predicted octanol–water partition coefficient (Wildman–Crippen LogP) is 3.21. The lowest BCUT2D eigenvalue weighted by Gasteiger charge is -2.04. The first-order valence-electron chi connectivity index (χ1n) is 6.89. The van der Waals surface area contributed by atoms with Gasteiger partial charge in [-0.1, -0.05) is 12.8 Å². The van der Waals surface area contributed by atoms with Gasteiger partial charge in [-0.15, -0.1) is 0 Å². The fraction of sp³-hybridized carbons (Fsp3) is 0.769. The summed E-state index contributed by atoms with van der Waals surface area (Å²) in [5, 5.41) is 7.17. The van der Waals surface area contributed by atoms with E-state index in [1.165, 1.54) is 17.5 Å². The molecule has 0 amide bonds. The molecule has 1 aromatic rings. The Hall–Kier alpha value is -1.04. The van der Waals surface area contributed by atoms with Crippen LogP contribution in [0.1, 0.15) is 44.1 Å². The molecular formula is C13H20F3N3. The molecular weight excluding hydrogens is 255 g/mol. The molecule has 1 aromatic heterocycles. The Bertz CT molecular complexity index is 383. The van der Waals surface area contributed by atoms with Crippen LogP contribution in [0.5, 0.6) is 0 Å². The summed E-state index contributed by atoms with van der Waals surface area (Å²) in [5.74, 6) is 0. The molecule has 0 atom stereocenters. The molecule has 0 radical (unpaired) electrons. The Labute approximate surface area is 111 Å². The van der Waals surface area contributed by atoms with Crippen molar-refractivity contribution in [2.45, 2.75) is 57.3 Å². The fourth-order valence-corrected chi connectivity index (χ4v) is 1.98. The number of hydrogen-bond donors (Lipinski definition) is 1. The molecule has 1 aliphatic carbocycles. The number of nitrogens with one attached hydrogen (secondary N) is 1. The number of aryl methyl sites for hydroxylation is 1. The highest BCUT2D eigenvalue weighted by Gasteiger charge is 2.32. The van der Waals surface area contributed by atoms with Gasteiger partial charge in [-0.3, -0.25) is 4.68 Å². The summed E-state index contributed by atoms with van der Waals surface area (Å²) in [6.45, 7) is 1.62. The molecule has 0 unspecified atom stereocenters. The van der Waals surface area contributed by atoms with Crippen molar-refractivity contribution >= 4 is 0 Å². The maximum atomic E-state index is 12.3. The number of unbranched alkanes of at least 4 members (excludes halogenated alkanes) is 3. The highest BCUT2D eigenvalue weighted by molar-refractivity contribution is 5.08. The van der Waals surface area contributed by atoms with Crippen LogP contribution in [0, 0.1) is 0 Å². The molecule has 108 valence electrons. The minimum absolute atomic E-state index is 0.562. The van der Waals surface area contributed by atoms with Gasteiger partial charge in [-0.25, -0.2) is 0 Å². The summed E-state index contributed by atoms with van der Waals surface area (Å²) in [6, 6.07) is 0.755. The molecule has 19 heavy (non-hydrogen) atoms. The summed E-state index contributed by atoms with van der Waals surface area (Å²) >= 11 is 0. The van der Waals surface area contributed by atoms with Gasteiger partial charge in [0.1, 0.15) is 0 Å². The van der Waals surface area contributed by atoms with Crippen LogP contribution in [0.3, 0.4) is 0 Å². The summed E-state index contributed by atoms with van der Waals surface area (Å²) in [5.41, 5.74) is -0.666. The van der Waals surface area contributed by atoms with E-state index in [2.05, 4.69) is 10.4 Å². The standard InChI is InChI=1S/C13H20F3N3/c14-13(15,16)11-9-18-19(10-11)8-4-2-1-3-7-17-12-5-6-12/h9-10,12,17H,1-8H2. The van der Waals surface area contributed by atoms with Gasteiger partial charge in [0.25, 0.3) is 0 Å². The summed E-state index contributed by atoms with van der Waals surface area (Å²) in [6.07, 6.45) is 4.47. The van der Waals surface area contributed by atoms with Gasteiger partial charge in [-0.05, 0) is 32.2 Å². The van der Waals surface area contributed by atoms with Gasteiger partial charge < -0.3 is 5.32 Å². The molecule has 1 saturated carbocycles. The topological polar surface area (TPSA) is 29.9 Å². The van der Waals surface area contributed by atoms with E-state index in [0.29, 0.717) is 6.54 Å². The first-order valence-corrected chi connectivity index (χ1v) is 6.89. The molecule has 1 fully saturated rings. The molecule has 2 rings (SSSR count). The van der Waals surface area contributed by atoms with Crippen LogP contribution in [0.4, 0.5) is 13.2 Å². The van der Waals surface area contributed by atoms with Crippen LogP contribution < -0.4 is 5.32 Å². The Kier molecular flexibility index (Phi) is 4.85. The SMILES string of the molecule is FC(F)(F)c1cnn(CCCCCCNC2CC2)c1. The second-order valence-electron chi connectivity index (χ2n) is 5.13. The molecule has 6 heteroatoms. The van der Waals surface area contributed by atoms with Crippen LogP contribution >= 0.6 is 0 Å². The summed E-state index contributed by atoms with van der Waals surface area (Å²) in [4.78, 5) is 0. The molecule has 0 saturated heterocycles. The van der Waals surface area contributed by atoms with E-state index < -0.39 is 11.7 Å². The van der Waals surface area contributed by atoms with Gasteiger partial charge in [0, 0.05) is 18.8 Å². The monoisotopic (exact) mass is 275 g/mol. The zero-order valence-electron chi connectivity index (χ0n) is 10.9. The van der Waals surface area contributed by atoms with Crippen molar-refractivity contribution in [1.82, 2.24) is 15.1 Å². The lowest BCUT2D eigenvalue weighted by molar-refractivity contribution is -0.137. The molecule has 1 heterocycles. The number of alkyl halides is 3. The zero-order valence-corrected chi connectivity index (χ0v) is 10.9. The Balaban J connectivity index is 1.53. The fourth-order valence-electron chi connectivity index (χ4n) is 1.98. The van der Waals surface area contributed by atoms with Crippen LogP contribution in [-0.4, -0.2) is 22.4 Å². The maximum Gasteiger partial charge on any atom is 0.419 e. The molecule has 0 bridgehead atoms. The van der Waals surface area contributed by atoms with E-state index >= 15 is 0 Å². The van der Waals surface area contributed by atoms with Crippen LogP contribution in [0.25, 0.3) is 0 Å². The normalized spacial score (nSPS) is 15.9. The van der Waals surface area contributed by atoms with Crippen LogP contribution in [0.2, 0.25) is 0 Å². The first-order chi connectivity index (χ1) is 9.05. The number of hydrogen-bond acceptors (Lipinski definition) is 2. The van der Waals surface area contributed by atoms with Crippen molar-refractivity contribution < 1.29 is 13.2 Å². The minimum atomic E-state index is -4.28. The van der Waals surface area contributed by atoms with E-state index in [-0.39, 0.29) is 0 Å². The molecule has 0 aliphatic heterocycles. The Morgan fingerprint density at radius 1 is 1.21 bits per heavy atom. The highest BCUT2D eigenvalue weighted by atomic mass is 19.4. The predicted molar refractivity (Wildman–Crippen MR) is 66.7 cm³/mol. The first kappa shape index (κ1) is 14.4. The Morgan fingerprint density at radius 3 is 2.58 bits per heavy atom. The third-order valence-corrected chi connectivity index (χ3v) is 3.28. The van der Waals surface area contributed by atoms with E-state index in [4.69, 9.17) is 0 Å². The second-order valence-corrected chi connectivity index (χ2v) is 5.13. The zero-order chi connectivity index (χ0) is 13.7. The Morgan fingerprint density at radius 2 is 1.95 bits per heavy atom. The molecule has 0 aromatic carbocycles. The lowest BCUT2D eigenvalue weighted by atomic mass is 10.2. The third-order valence-electron chi connectivity index (χ3n) is 3.28. The third kappa shape index (κ3) is 5.22. The van der Waals surface area contributed by atoms with Gasteiger partial charge in [0.15, 0.2) is 0 Å². The minimum Gasteiger partial charge on any atom is -0.314 e. The number of aromatic nitrogens is 2. The quantitative estimate of drug-likeness (QED) is 0.738. The maximum absolute atomic E-state index is 12.3. The van der Waals surface area contributed by atoms with Gasteiger partial charge in [-0.2, -0.15) is 18.3 Å². The van der Waals surface area contributed by atoms with Crippen molar-refractivity contribution in [2.24, 2.45) is 0 Å². The summed E-state index contributed by atoms with van der Waals surface area (Å²) < 4.78 is 38.4. The summed E-state index contributed by atoms with van der Waals surface area (Å²) in [7, 11) is 0. The van der Waals surface area contributed by atoms with Gasteiger partial charge >= 0.3 is 6.18 Å². The number of nitrogens with zero attached hydrogens (tertiary/aromatic N) is 2. The van der Waals surface area contributed by atoms with Crippen molar-refractivity contribution in [1.29, 1.82) is 0 Å². The molecule has 1 aliphatic rings. The van der Waals surface area contributed by atoms with E-state index in [1.54, 1.807) is 0 Å². The number of halogens is 3. The van der Waals surface area contributed by atoms with Crippen LogP contribution in [0.15, 0.2) is 12.4 Å². The van der Waals surface area contributed by atoms with Crippen molar-refractivity contribution in [3.05, 3.63) is 18.0 Å². The number of rotatable bonds is 8. The smallest absolute Gasteiger partial charge is 0.314 e. The van der Waals surface area contributed by atoms with Gasteiger partial charge in [0.2, 0.25) is 0 Å². The van der Waals surface area contributed by atoms with E-state index in [9.17, 15) is 13.2 Å².